The standard InChI is InChI=1S/C19H20FN5OS/c1-13(27-12-11-26-16-10-6-5-9-15(16)20)17-23-18(21)25-19(24-17)22-14-7-3-2-4-8-14/h2-10,13H,11-12H2,1H3,(H3,21,22,23,24,25). The number of nitrogens with two attached hydrogens (primary N) is 1. The minimum Gasteiger partial charge on any atom is -0.490 e. The third kappa shape index (κ3) is 5.55. The topological polar surface area (TPSA) is 86.0 Å². The van der Waals surface area contributed by atoms with Gasteiger partial charge in [0, 0.05) is 11.4 Å². The number of thioether (sulfide) groups is 1. The van der Waals surface area contributed by atoms with Crippen molar-refractivity contribution in [1.82, 2.24) is 15.0 Å². The highest BCUT2D eigenvalue weighted by molar-refractivity contribution is 7.99. The first-order valence-corrected chi connectivity index (χ1v) is 9.49. The number of hydrogen-bond acceptors (Lipinski definition) is 7. The van der Waals surface area contributed by atoms with E-state index in [0.717, 1.165) is 5.69 Å². The van der Waals surface area contributed by atoms with Gasteiger partial charge in [-0.25, -0.2) is 4.39 Å². The number of nitrogens with zero attached hydrogens (tertiary/aromatic N) is 3. The minimum atomic E-state index is -0.364. The van der Waals surface area contributed by atoms with Crippen molar-refractivity contribution in [3.05, 3.63) is 66.2 Å². The van der Waals surface area contributed by atoms with Gasteiger partial charge in [-0.05, 0) is 31.2 Å². The van der Waals surface area contributed by atoms with Crippen molar-refractivity contribution in [2.45, 2.75) is 12.2 Å². The zero-order valence-electron chi connectivity index (χ0n) is 14.8. The molecule has 27 heavy (non-hydrogen) atoms. The van der Waals surface area contributed by atoms with Crippen LogP contribution >= 0.6 is 11.8 Å². The lowest BCUT2D eigenvalue weighted by atomic mass is 10.3. The molecule has 8 heteroatoms. The summed E-state index contributed by atoms with van der Waals surface area (Å²) < 4.78 is 19.0. The SMILES string of the molecule is CC(SCCOc1ccccc1F)c1nc(N)nc(Nc2ccccc2)n1. The van der Waals surface area contributed by atoms with Crippen LogP contribution < -0.4 is 15.8 Å². The number of nitrogen functional groups attached to an aromatic ring is 1. The molecule has 0 radical (unpaired) electrons. The molecule has 0 aliphatic heterocycles. The van der Waals surface area contributed by atoms with E-state index >= 15 is 0 Å². The van der Waals surface area contributed by atoms with E-state index in [-0.39, 0.29) is 22.8 Å². The number of anilines is 3. The van der Waals surface area contributed by atoms with Gasteiger partial charge in [-0.1, -0.05) is 30.3 Å². The zero-order chi connectivity index (χ0) is 19.1. The van der Waals surface area contributed by atoms with E-state index in [4.69, 9.17) is 10.5 Å². The molecule has 2 aromatic carbocycles. The number of para-hydroxylation sites is 2. The van der Waals surface area contributed by atoms with Gasteiger partial charge in [-0.3, -0.25) is 0 Å². The van der Waals surface area contributed by atoms with Gasteiger partial charge >= 0.3 is 0 Å². The van der Waals surface area contributed by atoms with Gasteiger partial charge in [0.15, 0.2) is 11.6 Å². The van der Waals surface area contributed by atoms with E-state index in [1.807, 2.05) is 37.3 Å². The van der Waals surface area contributed by atoms with Crippen LogP contribution in [0.25, 0.3) is 0 Å². The fourth-order valence-electron chi connectivity index (χ4n) is 2.31. The average Bonchev–Trinajstić information content (AvgIpc) is 2.66. The van der Waals surface area contributed by atoms with E-state index in [1.54, 1.807) is 30.0 Å². The van der Waals surface area contributed by atoms with Crippen LogP contribution in [0.1, 0.15) is 18.0 Å². The molecule has 0 fully saturated rings. The normalized spacial score (nSPS) is 11.8. The Morgan fingerprint density at radius 3 is 2.59 bits per heavy atom. The van der Waals surface area contributed by atoms with Gasteiger partial charge < -0.3 is 15.8 Å². The highest BCUT2D eigenvalue weighted by Crippen LogP contribution is 2.27. The molecule has 1 heterocycles. The van der Waals surface area contributed by atoms with E-state index in [0.29, 0.717) is 24.1 Å². The number of ether oxygens (including phenoxy) is 1. The molecule has 0 saturated heterocycles. The molecule has 3 rings (SSSR count). The fraction of sp³-hybridized carbons (Fsp3) is 0.211. The molecule has 0 aliphatic carbocycles. The Morgan fingerprint density at radius 2 is 1.81 bits per heavy atom. The second kappa shape index (κ2) is 9.18. The van der Waals surface area contributed by atoms with Gasteiger partial charge in [0.2, 0.25) is 11.9 Å². The first-order chi connectivity index (χ1) is 13.1. The van der Waals surface area contributed by atoms with Gasteiger partial charge in [0.1, 0.15) is 5.82 Å². The van der Waals surface area contributed by atoms with E-state index < -0.39 is 0 Å². The van der Waals surface area contributed by atoms with Gasteiger partial charge in [-0.15, -0.1) is 11.8 Å². The molecule has 1 aromatic heterocycles. The fourth-order valence-corrected chi connectivity index (χ4v) is 3.10. The summed E-state index contributed by atoms with van der Waals surface area (Å²) in [6, 6.07) is 16.0. The van der Waals surface area contributed by atoms with Crippen LogP contribution in [0.3, 0.4) is 0 Å². The maximum Gasteiger partial charge on any atom is 0.232 e. The monoisotopic (exact) mass is 385 g/mol. The van der Waals surface area contributed by atoms with Gasteiger partial charge in [-0.2, -0.15) is 15.0 Å². The summed E-state index contributed by atoms with van der Waals surface area (Å²) in [5.74, 6) is 1.69. The number of halogens is 1. The summed E-state index contributed by atoms with van der Waals surface area (Å²) in [6.07, 6.45) is 0. The van der Waals surface area contributed by atoms with Crippen molar-refractivity contribution in [1.29, 1.82) is 0 Å². The van der Waals surface area contributed by atoms with Crippen molar-refractivity contribution in [2.24, 2.45) is 0 Å². The first kappa shape index (κ1) is 18.9. The van der Waals surface area contributed by atoms with Crippen LogP contribution in [0, 0.1) is 5.82 Å². The third-order valence-electron chi connectivity index (χ3n) is 3.61. The number of rotatable bonds is 8. The molecular formula is C19H20FN5OS. The lowest BCUT2D eigenvalue weighted by molar-refractivity contribution is 0.325. The van der Waals surface area contributed by atoms with Crippen LogP contribution in [0.15, 0.2) is 54.6 Å². The smallest absolute Gasteiger partial charge is 0.232 e. The van der Waals surface area contributed by atoms with Crippen molar-refractivity contribution >= 4 is 29.3 Å². The lowest BCUT2D eigenvalue weighted by Crippen LogP contribution is -2.09. The van der Waals surface area contributed by atoms with Crippen LogP contribution in [0.5, 0.6) is 5.75 Å². The molecule has 0 spiro atoms. The summed E-state index contributed by atoms with van der Waals surface area (Å²) in [6.45, 7) is 2.36. The second-order valence-corrected chi connectivity index (χ2v) is 7.11. The van der Waals surface area contributed by atoms with Crippen LogP contribution in [-0.4, -0.2) is 27.3 Å². The minimum absolute atomic E-state index is 0.0177. The highest BCUT2D eigenvalue weighted by atomic mass is 32.2. The molecule has 3 aromatic rings. The van der Waals surface area contributed by atoms with Gasteiger partial charge in [0.25, 0.3) is 0 Å². The van der Waals surface area contributed by atoms with Gasteiger partial charge in [0.05, 0.1) is 11.9 Å². The highest BCUT2D eigenvalue weighted by Gasteiger charge is 2.13. The van der Waals surface area contributed by atoms with E-state index in [9.17, 15) is 4.39 Å². The van der Waals surface area contributed by atoms with Crippen LogP contribution in [0.2, 0.25) is 0 Å². The molecule has 0 aliphatic rings. The Morgan fingerprint density at radius 1 is 1.07 bits per heavy atom. The molecular weight excluding hydrogens is 365 g/mol. The summed E-state index contributed by atoms with van der Waals surface area (Å²) in [4.78, 5) is 12.8. The Labute approximate surface area is 161 Å². The molecule has 3 N–H and O–H groups in total. The molecule has 1 unspecified atom stereocenters. The quantitative estimate of drug-likeness (QED) is 0.562. The maximum absolute atomic E-state index is 13.5. The molecule has 0 saturated carbocycles. The molecule has 0 bridgehead atoms. The Kier molecular flexibility index (Phi) is 6.43. The zero-order valence-corrected chi connectivity index (χ0v) is 15.6. The Hall–Kier alpha value is -2.87. The summed E-state index contributed by atoms with van der Waals surface area (Å²) >= 11 is 1.59. The predicted molar refractivity (Wildman–Crippen MR) is 107 cm³/mol. The average molecular weight is 385 g/mol. The molecule has 0 amide bonds. The van der Waals surface area contributed by atoms with Crippen molar-refractivity contribution in [3.63, 3.8) is 0 Å². The van der Waals surface area contributed by atoms with Crippen molar-refractivity contribution in [3.8, 4) is 5.75 Å². The molecule has 1 atom stereocenters. The number of aromatic nitrogens is 3. The number of nitrogens with one attached hydrogen (secondary N) is 1. The van der Waals surface area contributed by atoms with E-state index in [2.05, 4.69) is 20.3 Å². The number of benzene rings is 2. The molecule has 6 nitrogen and oxygen atoms in total. The summed E-state index contributed by atoms with van der Waals surface area (Å²) in [5.41, 5.74) is 6.69. The Bertz CT molecular complexity index is 881. The molecule has 140 valence electrons. The van der Waals surface area contributed by atoms with Crippen molar-refractivity contribution < 1.29 is 9.13 Å². The predicted octanol–water partition coefficient (Wildman–Crippen LogP) is 4.21. The second-order valence-electron chi connectivity index (χ2n) is 5.66. The maximum atomic E-state index is 13.5. The van der Waals surface area contributed by atoms with Crippen LogP contribution in [0.4, 0.5) is 22.0 Å². The van der Waals surface area contributed by atoms with E-state index in [1.165, 1.54) is 6.07 Å². The third-order valence-corrected chi connectivity index (χ3v) is 4.72. The summed E-state index contributed by atoms with van der Waals surface area (Å²) in [5, 5.41) is 3.10. The lowest BCUT2D eigenvalue weighted by Gasteiger charge is -2.13. The summed E-state index contributed by atoms with van der Waals surface area (Å²) in [7, 11) is 0. The van der Waals surface area contributed by atoms with Crippen molar-refractivity contribution in [2.75, 3.05) is 23.4 Å². The Balaban J connectivity index is 1.56. The largest absolute Gasteiger partial charge is 0.490 e. The first-order valence-electron chi connectivity index (χ1n) is 8.44. The number of hydrogen-bond donors (Lipinski definition) is 2. The van der Waals surface area contributed by atoms with Crippen LogP contribution in [-0.2, 0) is 0 Å².